The van der Waals surface area contributed by atoms with Gasteiger partial charge in [0.25, 0.3) is 5.91 Å². The maximum atomic E-state index is 13.1. The highest BCUT2D eigenvalue weighted by atomic mass is 32.2. The number of amides is 1. The third-order valence-corrected chi connectivity index (χ3v) is 6.33. The maximum absolute atomic E-state index is 13.1. The number of carbonyl (C=O) groups excluding carboxylic acids is 1. The van der Waals surface area contributed by atoms with Crippen molar-refractivity contribution in [3.63, 3.8) is 0 Å². The van der Waals surface area contributed by atoms with Gasteiger partial charge in [0, 0.05) is 18.2 Å². The third kappa shape index (κ3) is 4.57. The molecule has 4 rings (SSSR count). The molecule has 32 heavy (non-hydrogen) atoms. The molecule has 0 bridgehead atoms. The van der Waals surface area contributed by atoms with Gasteiger partial charge in [-0.1, -0.05) is 24.0 Å². The van der Waals surface area contributed by atoms with Crippen LogP contribution in [0.25, 0.3) is 17.4 Å². The summed E-state index contributed by atoms with van der Waals surface area (Å²) in [4.78, 5) is 14.5. The van der Waals surface area contributed by atoms with Gasteiger partial charge in [-0.2, -0.15) is 26.3 Å². The molecule has 0 aliphatic carbocycles. The summed E-state index contributed by atoms with van der Waals surface area (Å²) in [5, 5.41) is 3.15. The Balaban J connectivity index is 1.64. The molecule has 4 nitrogen and oxygen atoms in total. The second kappa shape index (κ2) is 8.23. The second-order valence-electron chi connectivity index (χ2n) is 7.19. The molecule has 1 aromatic heterocycles. The molecule has 1 N–H and O–H groups in total. The average Bonchev–Trinajstić information content (AvgIpc) is 3.42. The number of halogens is 6. The number of furan rings is 1. The van der Waals surface area contributed by atoms with Crippen molar-refractivity contribution in [2.75, 3.05) is 13.1 Å². The Morgan fingerprint density at radius 3 is 2.31 bits per heavy atom. The van der Waals surface area contributed by atoms with Gasteiger partial charge in [0.1, 0.15) is 15.8 Å². The van der Waals surface area contributed by atoms with E-state index in [0.717, 1.165) is 24.7 Å². The van der Waals surface area contributed by atoms with Crippen LogP contribution in [0.4, 0.5) is 26.3 Å². The first kappa shape index (κ1) is 22.9. The van der Waals surface area contributed by atoms with E-state index in [9.17, 15) is 31.1 Å². The topological polar surface area (TPSA) is 45.5 Å². The van der Waals surface area contributed by atoms with Crippen LogP contribution in [0, 0.1) is 0 Å². The largest absolute Gasteiger partial charge is 0.457 e. The fraction of sp³-hybridized carbons (Fsp3) is 0.300. The summed E-state index contributed by atoms with van der Waals surface area (Å²) >= 11 is 6.35. The zero-order chi connectivity index (χ0) is 23.3. The Kier molecular flexibility index (Phi) is 5.88. The van der Waals surface area contributed by atoms with Crippen LogP contribution in [-0.2, 0) is 17.1 Å². The number of carbonyl (C=O) groups is 1. The highest BCUT2D eigenvalue weighted by molar-refractivity contribution is 8.26. The Morgan fingerprint density at radius 2 is 1.75 bits per heavy atom. The van der Waals surface area contributed by atoms with Gasteiger partial charge in [0.2, 0.25) is 0 Å². The predicted octanol–water partition coefficient (Wildman–Crippen LogP) is 5.55. The van der Waals surface area contributed by atoms with Gasteiger partial charge in [-0.15, -0.1) is 0 Å². The van der Waals surface area contributed by atoms with Crippen molar-refractivity contribution in [3.8, 4) is 11.3 Å². The Labute approximate surface area is 187 Å². The van der Waals surface area contributed by atoms with Gasteiger partial charge in [-0.3, -0.25) is 9.69 Å². The monoisotopic (exact) mass is 492 g/mol. The van der Waals surface area contributed by atoms with Gasteiger partial charge in [-0.05, 0) is 43.3 Å². The van der Waals surface area contributed by atoms with E-state index >= 15 is 0 Å². The number of rotatable bonds is 3. The van der Waals surface area contributed by atoms with Crippen molar-refractivity contribution in [2.45, 2.75) is 24.8 Å². The summed E-state index contributed by atoms with van der Waals surface area (Å²) in [5.74, 6) is -0.399. The molecule has 1 aromatic carbocycles. The van der Waals surface area contributed by atoms with Gasteiger partial charge in [-0.25, -0.2) is 0 Å². The highest BCUT2D eigenvalue weighted by Gasteiger charge is 2.39. The van der Waals surface area contributed by atoms with E-state index in [1.165, 1.54) is 23.1 Å². The lowest BCUT2D eigenvalue weighted by Gasteiger charge is -2.21. The smallest absolute Gasteiger partial charge is 0.416 e. The first-order valence-electron chi connectivity index (χ1n) is 9.31. The lowest BCUT2D eigenvalue weighted by molar-refractivity contribution is -0.143. The first-order valence-corrected chi connectivity index (χ1v) is 10.5. The molecule has 1 amide bonds. The zero-order valence-corrected chi connectivity index (χ0v) is 17.6. The average molecular weight is 492 g/mol. The van der Waals surface area contributed by atoms with E-state index in [2.05, 4.69) is 5.32 Å². The molecule has 2 aromatic rings. The number of hydrogen-bond donors (Lipinski definition) is 1. The molecular weight excluding hydrogens is 478 g/mol. The summed E-state index contributed by atoms with van der Waals surface area (Å²) < 4.78 is 84.5. The van der Waals surface area contributed by atoms with Gasteiger partial charge < -0.3 is 9.73 Å². The second-order valence-corrected chi connectivity index (χ2v) is 8.87. The molecule has 1 unspecified atom stereocenters. The molecule has 2 saturated heterocycles. The van der Waals surface area contributed by atoms with Crippen LogP contribution < -0.4 is 5.32 Å². The van der Waals surface area contributed by atoms with Crippen LogP contribution >= 0.6 is 24.0 Å². The van der Waals surface area contributed by atoms with E-state index in [-0.39, 0.29) is 40.0 Å². The van der Waals surface area contributed by atoms with Gasteiger partial charge in [0.05, 0.1) is 22.1 Å². The molecule has 0 radical (unpaired) electrons. The number of thiocarbonyl (C=S) groups is 1. The fourth-order valence-electron chi connectivity index (χ4n) is 3.47. The predicted molar refractivity (Wildman–Crippen MR) is 110 cm³/mol. The Bertz CT molecular complexity index is 1070. The SMILES string of the molecule is O=C1C(=Cc2ccc(-c3cc(C(F)(F)F)cc(C(F)(F)F)c3)o2)SC(=S)N1C1CCNC1. The molecule has 0 saturated carbocycles. The standard InChI is InChI=1S/C20H14F6N2O2S2/c21-19(22,23)11-5-10(6-12(7-11)20(24,25)26)15-2-1-14(30-15)8-16-17(29)28(18(31)32-16)13-3-4-27-9-13/h1-2,5-8,13,27H,3-4,9H2. The highest BCUT2D eigenvalue weighted by Crippen LogP contribution is 2.40. The number of nitrogens with one attached hydrogen (secondary N) is 1. The molecule has 1 atom stereocenters. The minimum Gasteiger partial charge on any atom is -0.457 e. The van der Waals surface area contributed by atoms with Crippen molar-refractivity contribution >= 4 is 40.3 Å². The van der Waals surface area contributed by atoms with Crippen LogP contribution in [0.15, 0.2) is 39.7 Å². The molecule has 2 aliphatic heterocycles. The van der Waals surface area contributed by atoms with Gasteiger partial charge in [0.15, 0.2) is 0 Å². The summed E-state index contributed by atoms with van der Waals surface area (Å²) in [6.45, 7) is 1.38. The third-order valence-electron chi connectivity index (χ3n) is 5.00. The van der Waals surface area contributed by atoms with Crippen molar-refractivity contribution in [2.24, 2.45) is 0 Å². The van der Waals surface area contributed by atoms with Crippen LogP contribution in [0.1, 0.15) is 23.3 Å². The lowest BCUT2D eigenvalue weighted by atomic mass is 10.0. The molecule has 12 heteroatoms. The van der Waals surface area contributed by atoms with Crippen molar-refractivity contribution in [1.29, 1.82) is 0 Å². The van der Waals surface area contributed by atoms with Gasteiger partial charge >= 0.3 is 12.4 Å². The number of nitrogens with zero attached hydrogens (tertiary/aromatic N) is 1. The first-order chi connectivity index (χ1) is 14.9. The molecular formula is C20H14F6N2O2S2. The molecule has 2 aliphatic rings. The quantitative estimate of drug-likeness (QED) is 0.346. The van der Waals surface area contributed by atoms with Crippen molar-refractivity contribution in [1.82, 2.24) is 10.2 Å². The molecule has 3 heterocycles. The van der Waals surface area contributed by atoms with Crippen molar-refractivity contribution in [3.05, 3.63) is 52.1 Å². The summed E-state index contributed by atoms with van der Waals surface area (Å²) in [7, 11) is 0. The maximum Gasteiger partial charge on any atom is 0.416 e. The molecule has 170 valence electrons. The van der Waals surface area contributed by atoms with E-state index in [4.69, 9.17) is 16.6 Å². The minimum atomic E-state index is -4.96. The summed E-state index contributed by atoms with van der Waals surface area (Å²) in [5.41, 5.74) is -3.26. The number of hydrogen-bond acceptors (Lipinski definition) is 5. The van der Waals surface area contributed by atoms with E-state index in [1.54, 1.807) is 0 Å². The van der Waals surface area contributed by atoms with Crippen LogP contribution in [0.5, 0.6) is 0 Å². The Hall–Kier alpha value is -2.31. The van der Waals surface area contributed by atoms with Crippen LogP contribution in [0.2, 0.25) is 0 Å². The number of alkyl halides is 6. The van der Waals surface area contributed by atoms with E-state index in [0.29, 0.717) is 23.0 Å². The normalized spacial score (nSPS) is 21.2. The number of benzene rings is 1. The van der Waals surface area contributed by atoms with Crippen LogP contribution in [-0.4, -0.2) is 34.3 Å². The number of thioether (sulfide) groups is 1. The van der Waals surface area contributed by atoms with Crippen molar-refractivity contribution < 1.29 is 35.6 Å². The summed E-state index contributed by atoms with van der Waals surface area (Å²) in [6.07, 6.45) is -7.80. The van der Waals surface area contributed by atoms with E-state index < -0.39 is 23.5 Å². The zero-order valence-electron chi connectivity index (χ0n) is 16.0. The lowest BCUT2D eigenvalue weighted by Crippen LogP contribution is -2.39. The molecule has 2 fully saturated rings. The molecule has 0 spiro atoms. The fourth-order valence-corrected chi connectivity index (χ4v) is 4.85. The van der Waals surface area contributed by atoms with E-state index in [1.807, 2.05) is 0 Å². The van der Waals surface area contributed by atoms with Crippen LogP contribution in [0.3, 0.4) is 0 Å². The minimum absolute atomic E-state index is 0.0522. The Morgan fingerprint density at radius 1 is 1.09 bits per heavy atom. The summed E-state index contributed by atoms with van der Waals surface area (Å²) in [6, 6.07) is 3.78.